The summed E-state index contributed by atoms with van der Waals surface area (Å²) in [5.41, 5.74) is -0.508. The van der Waals surface area contributed by atoms with E-state index in [1.807, 2.05) is 0 Å². The van der Waals surface area contributed by atoms with Gasteiger partial charge in [0.15, 0.2) is 0 Å². The Bertz CT molecular complexity index is 870. The van der Waals surface area contributed by atoms with E-state index in [-0.39, 0.29) is 16.3 Å². The maximum absolute atomic E-state index is 12.9. The molecule has 0 atom stereocenters. The molecule has 25 heavy (non-hydrogen) atoms. The molecule has 1 N–H and O–H groups in total. The quantitative estimate of drug-likeness (QED) is 0.883. The number of methoxy groups -OCH3 is 1. The summed E-state index contributed by atoms with van der Waals surface area (Å²) in [4.78, 5) is 12.2. The molecule has 2 aromatic carbocycles. The van der Waals surface area contributed by atoms with Gasteiger partial charge in [0.1, 0.15) is 11.4 Å². The van der Waals surface area contributed by atoms with Crippen LogP contribution in [0.15, 0.2) is 53.4 Å². The van der Waals surface area contributed by atoms with Gasteiger partial charge in [-0.05, 0) is 43.7 Å². The summed E-state index contributed by atoms with van der Waals surface area (Å²) < 4.78 is 31.8. The fourth-order valence-electron chi connectivity index (χ4n) is 2.39. The van der Waals surface area contributed by atoms with Crippen LogP contribution in [-0.4, -0.2) is 26.5 Å². The number of carbonyl (C=O) groups is 1. The van der Waals surface area contributed by atoms with Gasteiger partial charge in [-0.1, -0.05) is 24.3 Å². The van der Waals surface area contributed by atoms with Gasteiger partial charge in [-0.2, -0.15) is 4.31 Å². The first kappa shape index (κ1) is 19.0. The lowest BCUT2D eigenvalue weighted by Gasteiger charge is -2.25. The summed E-state index contributed by atoms with van der Waals surface area (Å²) in [6.45, 7) is 4.37. The maximum Gasteiger partial charge on any atom is 0.271 e. The average Bonchev–Trinajstić information content (AvgIpc) is 2.54. The molecule has 0 spiro atoms. The Hall–Kier alpha value is -2.38. The van der Waals surface area contributed by atoms with Crippen molar-refractivity contribution in [1.82, 2.24) is 0 Å². The fraction of sp³-hybridized carbons (Fsp3) is 0.278. The molecule has 0 heterocycles. The molecule has 134 valence electrons. The molecule has 2 rings (SSSR count). The zero-order valence-corrected chi connectivity index (χ0v) is 15.4. The average molecular weight is 363 g/mol. The van der Waals surface area contributed by atoms with Gasteiger partial charge >= 0.3 is 0 Å². The van der Waals surface area contributed by atoms with Crippen LogP contribution in [-0.2, 0) is 20.4 Å². The minimum atomic E-state index is -4.09. The van der Waals surface area contributed by atoms with Crippen LogP contribution in [0.5, 0.6) is 5.75 Å². The number of aliphatic hydroxyl groups is 1. The number of carbonyl (C=O) groups excluding carboxylic acids is 1. The Morgan fingerprint density at radius 3 is 2.20 bits per heavy atom. The molecule has 0 radical (unpaired) electrons. The summed E-state index contributed by atoms with van der Waals surface area (Å²) >= 11 is 0. The van der Waals surface area contributed by atoms with Gasteiger partial charge in [0.05, 0.1) is 17.6 Å². The van der Waals surface area contributed by atoms with E-state index < -0.39 is 21.5 Å². The third-order valence-corrected chi connectivity index (χ3v) is 5.47. The van der Waals surface area contributed by atoms with Crippen molar-refractivity contribution in [3.8, 4) is 5.75 Å². The van der Waals surface area contributed by atoms with Crippen molar-refractivity contribution >= 4 is 21.6 Å². The Morgan fingerprint density at radius 1 is 1.12 bits per heavy atom. The molecule has 6 nitrogen and oxygen atoms in total. The summed E-state index contributed by atoms with van der Waals surface area (Å²) in [6, 6.07) is 12.2. The van der Waals surface area contributed by atoms with E-state index in [1.165, 1.54) is 38.3 Å². The van der Waals surface area contributed by atoms with Crippen LogP contribution >= 0.6 is 0 Å². The molecule has 1 amide bonds. The number of nitrogens with zero attached hydrogens (tertiary/aromatic N) is 1. The van der Waals surface area contributed by atoms with E-state index in [1.54, 1.807) is 38.1 Å². The van der Waals surface area contributed by atoms with Crippen molar-refractivity contribution in [2.45, 2.75) is 31.3 Å². The van der Waals surface area contributed by atoms with Crippen LogP contribution in [0.2, 0.25) is 0 Å². The van der Waals surface area contributed by atoms with Gasteiger partial charge in [0.2, 0.25) is 5.91 Å². The van der Waals surface area contributed by atoms with Crippen molar-refractivity contribution < 1.29 is 23.1 Å². The standard InChI is InChI=1S/C18H21NO5S/c1-13(20)19(25(22,23)15-8-6-5-7-9-15)16-11-10-14(18(2,3)21)12-17(16)24-4/h5-12,21H,1-4H3. The zero-order chi connectivity index (χ0) is 18.8. The van der Waals surface area contributed by atoms with Crippen LogP contribution in [0.1, 0.15) is 26.3 Å². The summed E-state index contributed by atoms with van der Waals surface area (Å²) in [5, 5.41) is 10.1. The molecule has 7 heteroatoms. The number of amides is 1. The number of hydrogen-bond acceptors (Lipinski definition) is 5. The van der Waals surface area contributed by atoms with Gasteiger partial charge in [-0.15, -0.1) is 0 Å². The first-order valence-electron chi connectivity index (χ1n) is 7.61. The molecule has 0 fully saturated rings. The summed E-state index contributed by atoms with van der Waals surface area (Å²) in [6.07, 6.45) is 0. The molecule has 0 aromatic heterocycles. The molecule has 0 aliphatic rings. The third kappa shape index (κ3) is 3.83. The van der Waals surface area contributed by atoms with Gasteiger partial charge in [0, 0.05) is 6.92 Å². The van der Waals surface area contributed by atoms with Crippen molar-refractivity contribution in [3.05, 3.63) is 54.1 Å². The largest absolute Gasteiger partial charge is 0.495 e. The van der Waals surface area contributed by atoms with Crippen LogP contribution in [0.4, 0.5) is 5.69 Å². The normalized spacial score (nSPS) is 11.9. The van der Waals surface area contributed by atoms with E-state index >= 15 is 0 Å². The van der Waals surface area contributed by atoms with Crippen LogP contribution in [0.3, 0.4) is 0 Å². The minimum absolute atomic E-state index is 0.00109. The Balaban J connectivity index is 2.65. The number of anilines is 1. The van der Waals surface area contributed by atoms with E-state index in [9.17, 15) is 18.3 Å². The second kappa shape index (κ2) is 6.85. The lowest BCUT2D eigenvalue weighted by Crippen LogP contribution is -2.35. The molecular formula is C18H21NO5S. The first-order chi connectivity index (χ1) is 11.6. The van der Waals surface area contributed by atoms with Gasteiger partial charge in [-0.25, -0.2) is 8.42 Å². The lowest BCUT2D eigenvalue weighted by molar-refractivity contribution is -0.115. The summed E-state index contributed by atoms with van der Waals surface area (Å²) in [5.74, 6) is -0.493. The van der Waals surface area contributed by atoms with Crippen LogP contribution in [0.25, 0.3) is 0 Å². The predicted octanol–water partition coefficient (Wildman–Crippen LogP) is 2.66. The number of rotatable bonds is 5. The van der Waals surface area contributed by atoms with Crippen LogP contribution < -0.4 is 9.04 Å². The van der Waals surface area contributed by atoms with Gasteiger partial charge in [-0.3, -0.25) is 4.79 Å². The molecule has 0 unspecified atom stereocenters. The molecule has 0 aliphatic carbocycles. The fourth-order valence-corrected chi connectivity index (χ4v) is 3.85. The lowest BCUT2D eigenvalue weighted by atomic mass is 9.98. The van der Waals surface area contributed by atoms with Crippen molar-refractivity contribution in [1.29, 1.82) is 0 Å². The number of benzene rings is 2. The van der Waals surface area contributed by atoms with E-state index in [2.05, 4.69) is 0 Å². The molecule has 0 saturated heterocycles. The van der Waals surface area contributed by atoms with Crippen molar-refractivity contribution in [2.24, 2.45) is 0 Å². The second-order valence-corrected chi connectivity index (χ2v) is 7.83. The SMILES string of the molecule is COc1cc(C(C)(C)O)ccc1N(C(C)=O)S(=O)(=O)c1ccccc1. The van der Waals surface area contributed by atoms with Crippen molar-refractivity contribution in [2.75, 3.05) is 11.4 Å². The second-order valence-electron chi connectivity index (χ2n) is 6.05. The molecule has 0 bridgehead atoms. The van der Waals surface area contributed by atoms with E-state index in [0.717, 1.165) is 0 Å². The first-order valence-corrected chi connectivity index (χ1v) is 9.05. The Kier molecular flexibility index (Phi) is 5.20. The number of sulfonamides is 1. The highest BCUT2D eigenvalue weighted by molar-refractivity contribution is 7.93. The monoisotopic (exact) mass is 363 g/mol. The topological polar surface area (TPSA) is 83.9 Å². The molecule has 2 aromatic rings. The smallest absolute Gasteiger partial charge is 0.271 e. The van der Waals surface area contributed by atoms with Gasteiger partial charge < -0.3 is 9.84 Å². The van der Waals surface area contributed by atoms with Gasteiger partial charge in [0.25, 0.3) is 10.0 Å². The van der Waals surface area contributed by atoms with E-state index in [0.29, 0.717) is 9.87 Å². The third-order valence-electron chi connectivity index (χ3n) is 3.67. The molecule has 0 saturated carbocycles. The predicted molar refractivity (Wildman–Crippen MR) is 95.0 cm³/mol. The summed E-state index contributed by atoms with van der Waals surface area (Å²) in [7, 11) is -2.72. The molecular weight excluding hydrogens is 342 g/mol. The Morgan fingerprint density at radius 2 is 1.72 bits per heavy atom. The minimum Gasteiger partial charge on any atom is -0.495 e. The highest BCUT2D eigenvalue weighted by atomic mass is 32.2. The number of ether oxygens (including phenoxy) is 1. The van der Waals surface area contributed by atoms with Crippen LogP contribution in [0, 0.1) is 0 Å². The van der Waals surface area contributed by atoms with Crippen molar-refractivity contribution in [3.63, 3.8) is 0 Å². The number of hydrogen-bond donors (Lipinski definition) is 1. The maximum atomic E-state index is 12.9. The zero-order valence-electron chi connectivity index (χ0n) is 14.6. The van der Waals surface area contributed by atoms with E-state index in [4.69, 9.17) is 4.74 Å². The molecule has 0 aliphatic heterocycles. The Labute approximate surface area is 147 Å². The highest BCUT2D eigenvalue weighted by Gasteiger charge is 2.31. The highest BCUT2D eigenvalue weighted by Crippen LogP contribution is 2.36.